The molecule has 0 fully saturated rings. The Morgan fingerprint density at radius 3 is 1.00 bits per heavy atom. The molecule has 0 aromatic carbocycles. The van der Waals surface area contributed by atoms with E-state index in [9.17, 15) is 0 Å². The molecule has 0 saturated carbocycles. The van der Waals surface area contributed by atoms with Gasteiger partial charge in [-0.1, -0.05) is 69.2 Å². The Hall–Kier alpha value is -0.0400. The standard InChI is InChI=1S/C18H38O/c1-15(2,3)11-17(7,8)13-19-14-18(9,10)12-16(4,5)6/h11-14H2,1-10H3. The average Bonchev–Trinajstić information content (AvgIpc) is 1.90. The highest BCUT2D eigenvalue weighted by Gasteiger charge is 2.29. The topological polar surface area (TPSA) is 9.23 Å². The normalized spacial score (nSPS) is 14.8. The number of hydrogen-bond acceptors (Lipinski definition) is 1. The van der Waals surface area contributed by atoms with Crippen molar-refractivity contribution in [1.82, 2.24) is 0 Å². The molecule has 0 aliphatic heterocycles. The lowest BCUT2D eigenvalue weighted by molar-refractivity contribution is -0.00977. The summed E-state index contributed by atoms with van der Waals surface area (Å²) in [6, 6.07) is 0. The van der Waals surface area contributed by atoms with Crippen LogP contribution in [0.3, 0.4) is 0 Å². The molecule has 0 heterocycles. The maximum atomic E-state index is 6.06. The molecule has 0 amide bonds. The van der Waals surface area contributed by atoms with Crippen LogP contribution in [-0.2, 0) is 4.74 Å². The Balaban J connectivity index is 4.21. The van der Waals surface area contributed by atoms with Gasteiger partial charge < -0.3 is 4.74 Å². The lowest BCUT2D eigenvalue weighted by atomic mass is 9.76. The van der Waals surface area contributed by atoms with Crippen LogP contribution >= 0.6 is 0 Å². The second kappa shape index (κ2) is 6.16. The van der Waals surface area contributed by atoms with E-state index in [1.54, 1.807) is 0 Å². The van der Waals surface area contributed by atoms with Crippen LogP contribution in [0, 0.1) is 21.7 Å². The summed E-state index contributed by atoms with van der Waals surface area (Å²) in [6.45, 7) is 24.8. The zero-order valence-electron chi connectivity index (χ0n) is 15.2. The van der Waals surface area contributed by atoms with Gasteiger partial charge in [-0.2, -0.15) is 0 Å². The first kappa shape index (κ1) is 19.0. The Kier molecular flexibility index (Phi) is 6.15. The number of hydrogen-bond donors (Lipinski definition) is 0. The molecule has 0 unspecified atom stereocenters. The third kappa shape index (κ3) is 11.5. The van der Waals surface area contributed by atoms with Crippen LogP contribution < -0.4 is 0 Å². The van der Waals surface area contributed by atoms with Gasteiger partial charge in [-0.15, -0.1) is 0 Å². The molecule has 0 radical (unpaired) electrons. The quantitative estimate of drug-likeness (QED) is 0.581. The summed E-state index contributed by atoms with van der Waals surface area (Å²) in [4.78, 5) is 0. The highest BCUT2D eigenvalue weighted by atomic mass is 16.5. The van der Waals surface area contributed by atoms with Gasteiger partial charge >= 0.3 is 0 Å². The van der Waals surface area contributed by atoms with Crippen LogP contribution in [0.15, 0.2) is 0 Å². The predicted octanol–water partition coefficient (Wildman–Crippen LogP) is 5.93. The monoisotopic (exact) mass is 270 g/mol. The van der Waals surface area contributed by atoms with Crippen LogP contribution in [-0.4, -0.2) is 13.2 Å². The first-order valence-corrected chi connectivity index (χ1v) is 7.70. The van der Waals surface area contributed by atoms with Gasteiger partial charge in [0.1, 0.15) is 0 Å². The lowest BCUT2D eigenvalue weighted by Gasteiger charge is -2.35. The summed E-state index contributed by atoms with van der Waals surface area (Å²) in [5, 5.41) is 0. The van der Waals surface area contributed by atoms with Crippen molar-refractivity contribution in [2.75, 3.05) is 13.2 Å². The third-order valence-electron chi connectivity index (χ3n) is 3.00. The highest BCUT2D eigenvalue weighted by Crippen LogP contribution is 2.36. The summed E-state index contributed by atoms with van der Waals surface area (Å²) in [5.74, 6) is 0. The summed E-state index contributed by atoms with van der Waals surface area (Å²) < 4.78 is 6.06. The van der Waals surface area contributed by atoms with Gasteiger partial charge in [-0.05, 0) is 34.5 Å². The van der Waals surface area contributed by atoms with E-state index in [-0.39, 0.29) is 10.8 Å². The maximum absolute atomic E-state index is 6.06. The molecule has 0 aliphatic carbocycles. The molecule has 0 aromatic rings. The molecule has 0 rings (SSSR count). The molecule has 116 valence electrons. The van der Waals surface area contributed by atoms with Crippen molar-refractivity contribution in [2.45, 2.75) is 82.1 Å². The maximum Gasteiger partial charge on any atom is 0.0517 e. The van der Waals surface area contributed by atoms with Crippen LogP contribution in [0.5, 0.6) is 0 Å². The Labute approximate surface area is 122 Å². The van der Waals surface area contributed by atoms with E-state index in [1.165, 1.54) is 12.8 Å². The molecular formula is C18H38O. The highest BCUT2D eigenvalue weighted by molar-refractivity contribution is 4.78. The molecule has 0 aromatic heterocycles. The van der Waals surface area contributed by atoms with Crippen LogP contribution in [0.4, 0.5) is 0 Å². The second-order valence-corrected chi connectivity index (χ2v) is 10.3. The largest absolute Gasteiger partial charge is 0.380 e. The third-order valence-corrected chi connectivity index (χ3v) is 3.00. The number of rotatable bonds is 6. The smallest absolute Gasteiger partial charge is 0.0517 e. The summed E-state index contributed by atoms with van der Waals surface area (Å²) >= 11 is 0. The van der Waals surface area contributed by atoms with Gasteiger partial charge in [0.2, 0.25) is 0 Å². The van der Waals surface area contributed by atoms with E-state index in [4.69, 9.17) is 4.74 Å². The van der Waals surface area contributed by atoms with E-state index in [2.05, 4.69) is 69.2 Å². The van der Waals surface area contributed by atoms with Gasteiger partial charge in [-0.3, -0.25) is 0 Å². The fraction of sp³-hybridized carbons (Fsp3) is 1.00. The van der Waals surface area contributed by atoms with Crippen molar-refractivity contribution in [3.05, 3.63) is 0 Å². The van der Waals surface area contributed by atoms with E-state index < -0.39 is 0 Å². The molecule has 1 nitrogen and oxygen atoms in total. The van der Waals surface area contributed by atoms with Crippen molar-refractivity contribution >= 4 is 0 Å². The van der Waals surface area contributed by atoms with Gasteiger partial charge in [0.25, 0.3) is 0 Å². The second-order valence-electron chi connectivity index (χ2n) is 10.3. The van der Waals surface area contributed by atoms with Crippen molar-refractivity contribution in [3.63, 3.8) is 0 Å². The molecule has 1 heteroatoms. The van der Waals surface area contributed by atoms with Crippen LogP contribution in [0.1, 0.15) is 82.1 Å². The van der Waals surface area contributed by atoms with Crippen molar-refractivity contribution in [2.24, 2.45) is 21.7 Å². The summed E-state index contributed by atoms with van der Waals surface area (Å²) in [5.41, 5.74) is 1.26. The predicted molar refractivity (Wildman–Crippen MR) is 86.5 cm³/mol. The molecule has 19 heavy (non-hydrogen) atoms. The molecule has 0 N–H and O–H groups in total. The fourth-order valence-corrected chi connectivity index (χ4v) is 3.58. The van der Waals surface area contributed by atoms with Gasteiger partial charge in [-0.25, -0.2) is 0 Å². The first-order chi connectivity index (χ1) is 8.12. The first-order valence-electron chi connectivity index (χ1n) is 7.70. The Bertz CT molecular complexity index is 232. The molecule has 0 saturated heterocycles. The molecule has 0 aliphatic rings. The fourth-order valence-electron chi connectivity index (χ4n) is 3.58. The Morgan fingerprint density at radius 1 is 0.526 bits per heavy atom. The molecule has 0 bridgehead atoms. The number of ether oxygens (including phenoxy) is 1. The average molecular weight is 271 g/mol. The molecular weight excluding hydrogens is 232 g/mol. The van der Waals surface area contributed by atoms with Crippen molar-refractivity contribution < 1.29 is 4.74 Å². The lowest BCUT2D eigenvalue weighted by Crippen LogP contribution is -2.30. The van der Waals surface area contributed by atoms with Crippen molar-refractivity contribution in [1.29, 1.82) is 0 Å². The molecule has 0 spiro atoms. The summed E-state index contributed by atoms with van der Waals surface area (Å²) in [6.07, 6.45) is 2.39. The zero-order chi connectivity index (χ0) is 15.5. The van der Waals surface area contributed by atoms with Gasteiger partial charge in [0.15, 0.2) is 0 Å². The minimum Gasteiger partial charge on any atom is -0.380 e. The van der Waals surface area contributed by atoms with E-state index in [0.717, 1.165) is 13.2 Å². The van der Waals surface area contributed by atoms with E-state index >= 15 is 0 Å². The van der Waals surface area contributed by atoms with Crippen LogP contribution in [0.2, 0.25) is 0 Å². The SMILES string of the molecule is CC(C)(C)CC(C)(C)COCC(C)(C)CC(C)(C)C. The molecule has 0 atom stereocenters. The van der Waals surface area contributed by atoms with Gasteiger partial charge in [0.05, 0.1) is 13.2 Å². The van der Waals surface area contributed by atoms with E-state index in [1.807, 2.05) is 0 Å². The minimum absolute atomic E-state index is 0.260. The van der Waals surface area contributed by atoms with Crippen molar-refractivity contribution in [3.8, 4) is 0 Å². The van der Waals surface area contributed by atoms with Gasteiger partial charge in [0, 0.05) is 0 Å². The van der Waals surface area contributed by atoms with E-state index in [0.29, 0.717) is 10.8 Å². The summed E-state index contributed by atoms with van der Waals surface area (Å²) in [7, 11) is 0. The minimum atomic E-state index is 0.260. The van der Waals surface area contributed by atoms with Crippen LogP contribution in [0.25, 0.3) is 0 Å². The Morgan fingerprint density at radius 2 is 0.789 bits per heavy atom. The zero-order valence-corrected chi connectivity index (χ0v) is 15.2.